The van der Waals surface area contributed by atoms with Gasteiger partial charge in [0, 0.05) is 17.7 Å². The summed E-state index contributed by atoms with van der Waals surface area (Å²) in [6.45, 7) is 3.43. The summed E-state index contributed by atoms with van der Waals surface area (Å²) in [4.78, 5) is 0. The van der Waals surface area contributed by atoms with Crippen molar-refractivity contribution in [3.63, 3.8) is 0 Å². The highest BCUT2D eigenvalue weighted by Crippen LogP contribution is 2.18. The van der Waals surface area contributed by atoms with Crippen LogP contribution in [0, 0.1) is 0 Å². The van der Waals surface area contributed by atoms with Crippen molar-refractivity contribution in [1.82, 2.24) is 5.32 Å². The van der Waals surface area contributed by atoms with E-state index in [4.69, 9.17) is 8.74 Å². The second-order valence-electron chi connectivity index (χ2n) is 3.98. The van der Waals surface area contributed by atoms with Gasteiger partial charge in [-0.05, 0) is 18.5 Å². The first kappa shape index (κ1) is 15.5. The average molecular weight is 289 g/mol. The molecule has 2 atom stereocenters. The number of hydrogen-bond acceptors (Lipinski definition) is 4. The van der Waals surface area contributed by atoms with Gasteiger partial charge in [-0.3, -0.25) is 8.74 Å². The molecule has 0 aromatic heterocycles. The van der Waals surface area contributed by atoms with Crippen molar-refractivity contribution in [2.45, 2.75) is 25.9 Å². The zero-order chi connectivity index (χ0) is 13.4. The van der Waals surface area contributed by atoms with Gasteiger partial charge >= 0.3 is 0 Å². The van der Waals surface area contributed by atoms with Crippen LogP contribution in [0.4, 0.5) is 0 Å². The molecule has 0 amide bonds. The van der Waals surface area contributed by atoms with Crippen LogP contribution in [0.5, 0.6) is 0 Å². The molecule has 102 valence electrons. The number of rotatable bonds is 8. The second-order valence-corrected chi connectivity index (χ2v) is 6.29. The molecule has 0 saturated carbocycles. The molecule has 1 rings (SSSR count). The summed E-state index contributed by atoms with van der Waals surface area (Å²) in [7, 11) is -3.62. The number of hydrogen-bond donors (Lipinski definition) is 2. The monoisotopic (exact) mass is 289 g/mol. The van der Waals surface area contributed by atoms with Crippen LogP contribution in [-0.2, 0) is 24.4 Å². The molecule has 0 bridgehead atoms. The van der Waals surface area contributed by atoms with E-state index >= 15 is 0 Å². The van der Waals surface area contributed by atoms with Crippen molar-refractivity contribution >= 4 is 20.2 Å². The van der Waals surface area contributed by atoms with E-state index in [1.165, 1.54) is 0 Å². The van der Waals surface area contributed by atoms with Crippen LogP contribution < -0.4 is 5.32 Å². The molecule has 4 nitrogen and oxygen atoms in total. The van der Waals surface area contributed by atoms with Gasteiger partial charge in [-0.1, -0.05) is 43.7 Å². The van der Waals surface area contributed by atoms with Crippen molar-refractivity contribution < 1.29 is 12.9 Å². The Morgan fingerprint density at radius 1 is 1.44 bits per heavy atom. The Hall–Kier alpha value is -0.530. The summed E-state index contributed by atoms with van der Waals surface area (Å²) in [5.41, 5.74) is 0.841. The van der Waals surface area contributed by atoms with E-state index in [1.807, 2.05) is 30.3 Å². The lowest BCUT2D eigenvalue weighted by molar-refractivity contribution is 0.202. The van der Waals surface area contributed by atoms with Crippen molar-refractivity contribution in [3.8, 4) is 0 Å². The van der Waals surface area contributed by atoms with E-state index in [-0.39, 0.29) is 0 Å². The molecule has 0 aliphatic rings. The Bertz CT molecular complexity index is 434. The van der Waals surface area contributed by atoms with Gasteiger partial charge in [0.25, 0.3) is 9.05 Å². The molecule has 0 radical (unpaired) electrons. The first-order chi connectivity index (χ1) is 8.53. The maximum Gasteiger partial charge on any atom is 0.267 e. The van der Waals surface area contributed by atoms with Gasteiger partial charge in [-0.15, -0.1) is 0 Å². The van der Waals surface area contributed by atoms with Crippen LogP contribution in [0.15, 0.2) is 30.3 Å². The largest absolute Gasteiger partial charge is 0.314 e. The summed E-state index contributed by atoms with van der Waals surface area (Å²) >= 11 is 4.40. The maximum absolute atomic E-state index is 11.2. The molecule has 1 aromatic carbocycles. The van der Waals surface area contributed by atoms with Crippen molar-refractivity contribution in [1.29, 1.82) is 0 Å². The topological polar surface area (TPSA) is 58.6 Å². The molecule has 1 aromatic rings. The Labute approximate surface area is 113 Å². The number of benzene rings is 1. The van der Waals surface area contributed by atoms with Crippen LogP contribution in [-0.4, -0.2) is 21.9 Å². The van der Waals surface area contributed by atoms with Gasteiger partial charge in [-0.25, -0.2) is 0 Å². The molecular weight excluding hydrogens is 270 g/mol. The lowest BCUT2D eigenvalue weighted by atomic mass is 10.1. The predicted molar refractivity (Wildman–Crippen MR) is 76.2 cm³/mol. The minimum absolute atomic E-state index is 0.470. The zero-order valence-corrected chi connectivity index (χ0v) is 12.0. The van der Waals surface area contributed by atoms with Crippen LogP contribution in [0.2, 0.25) is 0 Å². The van der Waals surface area contributed by atoms with Gasteiger partial charge in [0.1, 0.15) is 6.10 Å². The normalized spacial score (nSPS) is 16.1. The Morgan fingerprint density at radius 3 is 2.67 bits per heavy atom. The van der Waals surface area contributed by atoms with Crippen molar-refractivity contribution in [3.05, 3.63) is 35.9 Å². The van der Waals surface area contributed by atoms with E-state index < -0.39 is 15.2 Å². The maximum atomic E-state index is 11.2. The average Bonchev–Trinajstić information content (AvgIpc) is 2.33. The van der Waals surface area contributed by atoms with E-state index in [9.17, 15) is 4.21 Å². The predicted octanol–water partition coefficient (Wildman–Crippen LogP) is 2.27. The highest BCUT2D eigenvalue weighted by Gasteiger charge is 2.16. The molecular formula is C12H19NO3S2. The van der Waals surface area contributed by atoms with Gasteiger partial charge < -0.3 is 5.32 Å². The summed E-state index contributed by atoms with van der Waals surface area (Å²) in [6.07, 6.45) is 1.66. The number of nitrogens with one attached hydrogen (secondary N) is 1. The van der Waals surface area contributed by atoms with Crippen molar-refractivity contribution in [2.75, 3.05) is 13.1 Å². The highest BCUT2D eigenvalue weighted by molar-refractivity contribution is 8.27. The number of unbranched alkanes of at least 4 members (excludes halogenated alkanes) is 1. The summed E-state index contributed by atoms with van der Waals surface area (Å²) in [5, 5.41) is 3.20. The molecule has 18 heavy (non-hydrogen) atoms. The lowest BCUT2D eigenvalue weighted by Gasteiger charge is -2.17. The fourth-order valence-corrected chi connectivity index (χ4v) is 2.31. The van der Waals surface area contributed by atoms with Gasteiger partial charge in [-0.2, -0.15) is 4.21 Å². The van der Waals surface area contributed by atoms with Crippen LogP contribution in [0.3, 0.4) is 0 Å². The summed E-state index contributed by atoms with van der Waals surface area (Å²) < 4.78 is 25.4. The Balaban J connectivity index is 2.64. The molecule has 0 heterocycles. The molecule has 0 aliphatic carbocycles. The summed E-state index contributed by atoms with van der Waals surface area (Å²) in [6, 6.07) is 9.31. The molecule has 2 N–H and O–H groups in total. The fourth-order valence-electron chi connectivity index (χ4n) is 1.56. The molecule has 0 spiro atoms. The van der Waals surface area contributed by atoms with E-state index in [2.05, 4.69) is 23.4 Å². The van der Waals surface area contributed by atoms with Crippen LogP contribution >= 0.6 is 0 Å². The quantitative estimate of drug-likeness (QED) is 0.719. The summed E-state index contributed by atoms with van der Waals surface area (Å²) in [5.74, 6) is 0. The first-order valence-electron chi connectivity index (χ1n) is 5.94. The zero-order valence-electron chi connectivity index (χ0n) is 10.4. The third kappa shape index (κ3) is 6.42. The SMILES string of the molecule is CCCCNCC(OS(=O)(O)=S)c1ccccc1. The van der Waals surface area contributed by atoms with Crippen LogP contribution in [0.25, 0.3) is 0 Å². The molecule has 2 unspecified atom stereocenters. The Kier molecular flexibility index (Phi) is 6.73. The van der Waals surface area contributed by atoms with Gasteiger partial charge in [0.2, 0.25) is 0 Å². The fraction of sp³-hybridized carbons (Fsp3) is 0.500. The van der Waals surface area contributed by atoms with E-state index in [1.54, 1.807) is 0 Å². The van der Waals surface area contributed by atoms with Gasteiger partial charge in [0.15, 0.2) is 0 Å². The molecule has 0 fully saturated rings. The molecule has 0 aliphatic heterocycles. The minimum Gasteiger partial charge on any atom is -0.314 e. The third-order valence-electron chi connectivity index (χ3n) is 2.45. The smallest absolute Gasteiger partial charge is 0.267 e. The highest BCUT2D eigenvalue weighted by atomic mass is 32.9. The first-order valence-corrected chi connectivity index (χ1v) is 8.31. The van der Waals surface area contributed by atoms with Crippen LogP contribution in [0.1, 0.15) is 31.4 Å². The lowest BCUT2D eigenvalue weighted by Crippen LogP contribution is -2.25. The third-order valence-corrected chi connectivity index (χ3v) is 3.16. The standard InChI is InChI=1S/C12H19NO3S2/c1-2-3-9-13-10-12(16-18(14,15)17)11-7-5-4-6-8-11/h4-8,12-13H,2-3,9-10H2,1H3,(H,14,15,17). The second kappa shape index (κ2) is 7.81. The van der Waals surface area contributed by atoms with E-state index in [0.717, 1.165) is 24.9 Å². The van der Waals surface area contributed by atoms with Crippen molar-refractivity contribution in [2.24, 2.45) is 0 Å². The molecule has 6 heteroatoms. The molecule has 0 saturated heterocycles. The van der Waals surface area contributed by atoms with E-state index in [0.29, 0.717) is 6.54 Å². The van der Waals surface area contributed by atoms with Gasteiger partial charge in [0.05, 0.1) is 0 Å². The Morgan fingerprint density at radius 2 is 2.11 bits per heavy atom. The minimum atomic E-state index is -3.62.